The van der Waals surface area contributed by atoms with Gasteiger partial charge >= 0.3 is 0 Å². The molecule has 0 spiro atoms. The summed E-state index contributed by atoms with van der Waals surface area (Å²) in [5, 5.41) is 0.462. The molecule has 92 valence electrons. The molecule has 0 aliphatic carbocycles. The first-order valence-corrected chi connectivity index (χ1v) is 5.98. The highest BCUT2D eigenvalue weighted by Crippen LogP contribution is 2.39. The summed E-state index contributed by atoms with van der Waals surface area (Å²) < 4.78 is 5.52. The minimum atomic E-state index is 0.0996. The normalized spacial score (nSPS) is 10.2. The summed E-state index contributed by atoms with van der Waals surface area (Å²) in [4.78, 5) is 14.4. The molecule has 0 unspecified atom stereocenters. The van der Waals surface area contributed by atoms with Crippen LogP contribution in [-0.2, 0) is 0 Å². The molecule has 1 aromatic carbocycles. The van der Waals surface area contributed by atoms with Gasteiger partial charge in [-0.15, -0.1) is 0 Å². The molecule has 0 bridgehead atoms. The van der Waals surface area contributed by atoms with Crippen LogP contribution in [0.3, 0.4) is 0 Å². The SMILES string of the molecule is O=Cc1cccc(Oc2c(Cl)cnc(Cl)c2Cl)c1. The minimum Gasteiger partial charge on any atom is -0.454 e. The van der Waals surface area contributed by atoms with Gasteiger partial charge in [0.2, 0.25) is 0 Å². The van der Waals surface area contributed by atoms with Crippen LogP contribution in [0.4, 0.5) is 0 Å². The molecule has 0 saturated carbocycles. The van der Waals surface area contributed by atoms with Crippen LogP contribution in [-0.4, -0.2) is 11.3 Å². The molecule has 0 fully saturated rings. The van der Waals surface area contributed by atoms with E-state index < -0.39 is 0 Å². The number of hydrogen-bond acceptors (Lipinski definition) is 3. The first-order valence-electron chi connectivity index (χ1n) is 4.84. The van der Waals surface area contributed by atoms with Crippen LogP contribution in [0, 0.1) is 0 Å². The van der Waals surface area contributed by atoms with E-state index >= 15 is 0 Å². The van der Waals surface area contributed by atoms with Crippen molar-refractivity contribution in [1.29, 1.82) is 0 Å². The average Bonchev–Trinajstić information content (AvgIpc) is 2.39. The van der Waals surface area contributed by atoms with Crippen molar-refractivity contribution in [2.45, 2.75) is 0 Å². The summed E-state index contributed by atoms with van der Waals surface area (Å²) in [5.74, 6) is 0.645. The summed E-state index contributed by atoms with van der Waals surface area (Å²) >= 11 is 17.6. The molecule has 1 aromatic heterocycles. The number of aromatic nitrogens is 1. The van der Waals surface area contributed by atoms with Crippen molar-refractivity contribution in [3.63, 3.8) is 0 Å². The molecule has 0 atom stereocenters. The van der Waals surface area contributed by atoms with Crippen LogP contribution in [0.15, 0.2) is 30.5 Å². The molecule has 0 N–H and O–H groups in total. The number of ether oxygens (including phenoxy) is 1. The fraction of sp³-hybridized carbons (Fsp3) is 0. The van der Waals surface area contributed by atoms with Gasteiger partial charge in [0.1, 0.15) is 22.1 Å². The summed E-state index contributed by atoms with van der Waals surface area (Å²) in [6.07, 6.45) is 2.06. The van der Waals surface area contributed by atoms with Crippen molar-refractivity contribution in [2.75, 3.05) is 0 Å². The van der Waals surface area contributed by atoms with Gasteiger partial charge in [-0.1, -0.05) is 46.9 Å². The van der Waals surface area contributed by atoms with Gasteiger partial charge in [0, 0.05) is 5.56 Å². The average molecular weight is 303 g/mol. The Morgan fingerprint density at radius 3 is 2.72 bits per heavy atom. The van der Waals surface area contributed by atoms with E-state index in [1.54, 1.807) is 24.3 Å². The standard InChI is InChI=1S/C12H6Cl3NO2/c13-9-5-16-12(15)10(14)11(9)18-8-3-1-2-7(4-8)6-17/h1-6H. The van der Waals surface area contributed by atoms with Crippen molar-refractivity contribution in [3.05, 3.63) is 51.2 Å². The first kappa shape index (κ1) is 13.1. The van der Waals surface area contributed by atoms with Gasteiger partial charge in [0.05, 0.1) is 6.20 Å². The molecule has 0 aliphatic rings. The second-order valence-electron chi connectivity index (χ2n) is 3.33. The van der Waals surface area contributed by atoms with Crippen LogP contribution in [0.25, 0.3) is 0 Å². The molecule has 1 heterocycles. The zero-order valence-electron chi connectivity index (χ0n) is 8.86. The Hall–Kier alpha value is -1.29. The van der Waals surface area contributed by atoms with Crippen LogP contribution in [0.1, 0.15) is 10.4 Å². The Labute approximate surface area is 118 Å². The van der Waals surface area contributed by atoms with Crippen LogP contribution in [0.5, 0.6) is 11.5 Å². The first-order chi connectivity index (χ1) is 8.61. The zero-order valence-corrected chi connectivity index (χ0v) is 11.1. The number of hydrogen-bond donors (Lipinski definition) is 0. The Kier molecular flexibility index (Phi) is 4.07. The Bertz CT molecular complexity index is 602. The van der Waals surface area contributed by atoms with Crippen molar-refractivity contribution in [2.24, 2.45) is 0 Å². The van der Waals surface area contributed by atoms with E-state index in [1.807, 2.05) is 0 Å². The maximum atomic E-state index is 10.7. The zero-order chi connectivity index (χ0) is 13.1. The highest BCUT2D eigenvalue weighted by atomic mass is 35.5. The summed E-state index contributed by atoms with van der Waals surface area (Å²) in [6, 6.07) is 6.58. The van der Waals surface area contributed by atoms with E-state index in [-0.39, 0.29) is 20.9 Å². The Morgan fingerprint density at radius 2 is 2.00 bits per heavy atom. The Morgan fingerprint density at radius 1 is 1.22 bits per heavy atom. The molecular formula is C12H6Cl3NO2. The summed E-state index contributed by atoms with van der Waals surface area (Å²) in [7, 11) is 0. The second kappa shape index (κ2) is 5.57. The number of benzene rings is 1. The van der Waals surface area contributed by atoms with E-state index in [0.29, 0.717) is 11.3 Å². The maximum absolute atomic E-state index is 10.7. The van der Waals surface area contributed by atoms with E-state index in [2.05, 4.69) is 4.98 Å². The largest absolute Gasteiger partial charge is 0.454 e. The lowest BCUT2D eigenvalue weighted by atomic mass is 10.2. The van der Waals surface area contributed by atoms with Crippen molar-refractivity contribution in [3.8, 4) is 11.5 Å². The number of carbonyl (C=O) groups is 1. The van der Waals surface area contributed by atoms with Crippen molar-refractivity contribution in [1.82, 2.24) is 4.98 Å². The third-order valence-corrected chi connectivity index (χ3v) is 3.11. The number of nitrogens with zero attached hydrogens (tertiary/aromatic N) is 1. The lowest BCUT2D eigenvalue weighted by Crippen LogP contribution is -1.90. The highest BCUT2D eigenvalue weighted by molar-refractivity contribution is 6.43. The topological polar surface area (TPSA) is 39.2 Å². The molecule has 2 aromatic rings. The molecule has 0 saturated heterocycles. The maximum Gasteiger partial charge on any atom is 0.169 e. The third-order valence-electron chi connectivity index (χ3n) is 2.10. The predicted octanol–water partition coefficient (Wildman–Crippen LogP) is 4.65. The van der Waals surface area contributed by atoms with E-state index in [4.69, 9.17) is 39.5 Å². The molecule has 0 radical (unpaired) electrons. The number of aldehydes is 1. The van der Waals surface area contributed by atoms with Gasteiger partial charge in [-0.2, -0.15) is 0 Å². The van der Waals surface area contributed by atoms with Gasteiger partial charge in [-0.3, -0.25) is 4.79 Å². The molecular weight excluding hydrogens is 296 g/mol. The van der Waals surface area contributed by atoms with Gasteiger partial charge < -0.3 is 4.74 Å². The fourth-order valence-corrected chi connectivity index (χ4v) is 1.84. The lowest BCUT2D eigenvalue weighted by Gasteiger charge is -2.10. The lowest BCUT2D eigenvalue weighted by molar-refractivity contribution is 0.112. The van der Waals surface area contributed by atoms with E-state index in [1.165, 1.54) is 6.20 Å². The Balaban J connectivity index is 2.39. The van der Waals surface area contributed by atoms with Crippen LogP contribution in [0.2, 0.25) is 15.2 Å². The molecule has 0 amide bonds. The summed E-state index contributed by atoms with van der Waals surface area (Å²) in [6.45, 7) is 0. The molecule has 6 heteroatoms. The van der Waals surface area contributed by atoms with E-state index in [0.717, 1.165) is 6.29 Å². The fourth-order valence-electron chi connectivity index (χ4n) is 1.29. The van der Waals surface area contributed by atoms with Crippen LogP contribution >= 0.6 is 34.8 Å². The predicted molar refractivity (Wildman–Crippen MR) is 71.2 cm³/mol. The molecule has 3 nitrogen and oxygen atoms in total. The molecule has 0 aliphatic heterocycles. The van der Waals surface area contributed by atoms with Gasteiger partial charge in [-0.05, 0) is 12.1 Å². The molecule has 18 heavy (non-hydrogen) atoms. The number of carbonyl (C=O) groups excluding carboxylic acids is 1. The van der Waals surface area contributed by atoms with E-state index in [9.17, 15) is 4.79 Å². The third kappa shape index (κ3) is 2.75. The number of halogens is 3. The van der Waals surface area contributed by atoms with Crippen molar-refractivity contribution < 1.29 is 9.53 Å². The van der Waals surface area contributed by atoms with Crippen LogP contribution < -0.4 is 4.74 Å². The highest BCUT2D eigenvalue weighted by Gasteiger charge is 2.13. The second-order valence-corrected chi connectivity index (χ2v) is 4.48. The van der Waals surface area contributed by atoms with Gasteiger partial charge in [-0.25, -0.2) is 4.98 Å². The van der Waals surface area contributed by atoms with Crippen molar-refractivity contribution >= 4 is 41.1 Å². The number of pyridine rings is 1. The minimum absolute atomic E-state index is 0.0996. The number of rotatable bonds is 3. The smallest absolute Gasteiger partial charge is 0.169 e. The van der Waals surface area contributed by atoms with Gasteiger partial charge in [0.25, 0.3) is 0 Å². The quantitative estimate of drug-likeness (QED) is 0.612. The summed E-state index contributed by atoms with van der Waals surface area (Å²) in [5.41, 5.74) is 0.486. The monoisotopic (exact) mass is 301 g/mol. The molecule has 2 rings (SSSR count). The van der Waals surface area contributed by atoms with Gasteiger partial charge in [0.15, 0.2) is 10.9 Å².